The number of sulfonamides is 1. The standard InChI is InChI=1S/C16H21NO3S/c1-16(2,14-8-9-14)17-21(19,20)15-10-6-13(7-11-15)5-3-4-12-18/h6-7,10-11,14,17-18H,4,8-9,12H2,1-2H3. The van der Waals surface area contributed by atoms with Gasteiger partial charge in [-0.25, -0.2) is 13.1 Å². The average Bonchev–Trinajstić information content (AvgIpc) is 3.23. The van der Waals surface area contributed by atoms with Gasteiger partial charge in [-0.05, 0) is 56.9 Å². The lowest BCUT2D eigenvalue weighted by Gasteiger charge is -2.25. The van der Waals surface area contributed by atoms with Gasteiger partial charge in [-0.2, -0.15) is 0 Å². The summed E-state index contributed by atoms with van der Waals surface area (Å²) in [7, 11) is -3.50. The van der Waals surface area contributed by atoms with Gasteiger partial charge in [0.05, 0.1) is 11.5 Å². The van der Waals surface area contributed by atoms with Gasteiger partial charge in [-0.1, -0.05) is 11.8 Å². The Labute approximate surface area is 126 Å². The van der Waals surface area contributed by atoms with Crippen LogP contribution in [0.15, 0.2) is 29.2 Å². The van der Waals surface area contributed by atoms with Crippen molar-refractivity contribution in [1.82, 2.24) is 4.72 Å². The van der Waals surface area contributed by atoms with Gasteiger partial charge in [0.25, 0.3) is 0 Å². The molecule has 0 aromatic heterocycles. The zero-order valence-corrected chi connectivity index (χ0v) is 13.2. The Kier molecular flexibility index (Phi) is 4.72. The first-order valence-corrected chi connectivity index (χ1v) is 8.57. The first kappa shape index (κ1) is 16.0. The van der Waals surface area contributed by atoms with Gasteiger partial charge < -0.3 is 5.11 Å². The summed E-state index contributed by atoms with van der Waals surface area (Å²) in [5.74, 6) is 6.11. The molecular formula is C16H21NO3S. The van der Waals surface area contributed by atoms with Crippen molar-refractivity contribution in [2.75, 3.05) is 6.61 Å². The van der Waals surface area contributed by atoms with E-state index in [1.807, 2.05) is 13.8 Å². The van der Waals surface area contributed by atoms with Gasteiger partial charge in [0, 0.05) is 17.5 Å². The predicted octanol–water partition coefficient (Wildman–Crippen LogP) is 1.89. The van der Waals surface area contributed by atoms with E-state index < -0.39 is 15.6 Å². The maximum atomic E-state index is 12.4. The van der Waals surface area contributed by atoms with Crippen LogP contribution in [0, 0.1) is 17.8 Å². The molecule has 5 heteroatoms. The van der Waals surface area contributed by atoms with Crippen LogP contribution < -0.4 is 4.72 Å². The molecule has 0 radical (unpaired) electrons. The lowest BCUT2D eigenvalue weighted by Crippen LogP contribution is -2.45. The van der Waals surface area contributed by atoms with Crippen molar-refractivity contribution in [2.45, 2.75) is 43.5 Å². The van der Waals surface area contributed by atoms with Crippen molar-refractivity contribution < 1.29 is 13.5 Å². The molecule has 0 saturated heterocycles. The summed E-state index contributed by atoms with van der Waals surface area (Å²) < 4.78 is 27.5. The third-order valence-corrected chi connectivity index (χ3v) is 5.32. The quantitative estimate of drug-likeness (QED) is 0.816. The van der Waals surface area contributed by atoms with E-state index in [9.17, 15) is 8.42 Å². The van der Waals surface area contributed by atoms with Crippen LogP contribution >= 0.6 is 0 Å². The molecule has 1 aliphatic carbocycles. The molecule has 1 aromatic rings. The SMILES string of the molecule is CC(C)(NS(=O)(=O)c1ccc(C#CCCO)cc1)C1CC1. The molecule has 0 atom stereocenters. The number of nitrogens with one attached hydrogen (secondary N) is 1. The Bertz CT molecular complexity index is 647. The maximum Gasteiger partial charge on any atom is 0.241 e. The minimum absolute atomic E-state index is 0.0274. The van der Waals surface area contributed by atoms with Crippen LogP contribution in [-0.2, 0) is 10.0 Å². The van der Waals surface area contributed by atoms with Crippen LogP contribution in [0.1, 0.15) is 38.7 Å². The highest BCUT2D eigenvalue weighted by Crippen LogP contribution is 2.39. The Balaban J connectivity index is 2.12. The molecule has 0 heterocycles. The fourth-order valence-electron chi connectivity index (χ4n) is 2.23. The van der Waals surface area contributed by atoms with Crippen LogP contribution in [-0.4, -0.2) is 25.7 Å². The van der Waals surface area contributed by atoms with E-state index in [4.69, 9.17) is 5.11 Å². The number of aliphatic hydroxyl groups is 1. The molecule has 0 spiro atoms. The molecule has 0 amide bonds. The Morgan fingerprint density at radius 1 is 1.29 bits per heavy atom. The molecule has 21 heavy (non-hydrogen) atoms. The van der Waals surface area contributed by atoms with Crippen molar-refractivity contribution in [2.24, 2.45) is 5.92 Å². The van der Waals surface area contributed by atoms with E-state index >= 15 is 0 Å². The molecule has 0 aliphatic heterocycles. The van der Waals surface area contributed by atoms with E-state index in [2.05, 4.69) is 16.6 Å². The topological polar surface area (TPSA) is 66.4 Å². The fourth-order valence-corrected chi connectivity index (χ4v) is 3.70. The highest BCUT2D eigenvalue weighted by molar-refractivity contribution is 7.89. The van der Waals surface area contributed by atoms with Crippen molar-refractivity contribution in [3.05, 3.63) is 29.8 Å². The molecule has 1 aliphatic rings. The average molecular weight is 307 g/mol. The van der Waals surface area contributed by atoms with Crippen molar-refractivity contribution in [3.8, 4) is 11.8 Å². The van der Waals surface area contributed by atoms with E-state index in [1.54, 1.807) is 24.3 Å². The number of aliphatic hydroxyl groups excluding tert-OH is 1. The first-order chi connectivity index (χ1) is 9.85. The van der Waals surface area contributed by atoms with Gasteiger partial charge in [0.2, 0.25) is 10.0 Å². The second-order valence-electron chi connectivity index (χ2n) is 5.90. The summed E-state index contributed by atoms with van der Waals surface area (Å²) in [4.78, 5) is 0.254. The molecule has 0 unspecified atom stereocenters. The molecule has 114 valence electrons. The second-order valence-corrected chi connectivity index (χ2v) is 7.58. The second kappa shape index (κ2) is 6.18. The normalized spacial score (nSPS) is 15.4. The Morgan fingerprint density at radius 2 is 1.90 bits per heavy atom. The molecule has 2 rings (SSSR count). The molecule has 0 bridgehead atoms. The summed E-state index contributed by atoms with van der Waals surface area (Å²) in [5, 5.41) is 8.66. The monoisotopic (exact) mass is 307 g/mol. The third kappa shape index (κ3) is 4.31. The largest absolute Gasteiger partial charge is 0.395 e. The van der Waals surface area contributed by atoms with Gasteiger partial charge >= 0.3 is 0 Å². The number of hydrogen-bond acceptors (Lipinski definition) is 3. The third-order valence-electron chi connectivity index (χ3n) is 3.63. The smallest absolute Gasteiger partial charge is 0.241 e. The van der Waals surface area contributed by atoms with Crippen LogP contribution in [0.2, 0.25) is 0 Å². The highest BCUT2D eigenvalue weighted by atomic mass is 32.2. The van der Waals surface area contributed by atoms with E-state index in [-0.39, 0.29) is 11.5 Å². The minimum atomic E-state index is -3.50. The van der Waals surface area contributed by atoms with Crippen LogP contribution in [0.4, 0.5) is 0 Å². The molecule has 2 N–H and O–H groups in total. The molecule has 4 nitrogen and oxygen atoms in total. The predicted molar refractivity (Wildman–Crippen MR) is 82.1 cm³/mol. The minimum Gasteiger partial charge on any atom is -0.395 e. The Morgan fingerprint density at radius 3 is 2.43 bits per heavy atom. The van der Waals surface area contributed by atoms with E-state index in [1.165, 1.54) is 0 Å². The summed E-state index contributed by atoms with van der Waals surface area (Å²) >= 11 is 0. The van der Waals surface area contributed by atoms with Crippen LogP contribution in [0.3, 0.4) is 0 Å². The first-order valence-electron chi connectivity index (χ1n) is 7.09. The summed E-state index contributed by atoms with van der Waals surface area (Å²) in [6, 6.07) is 6.49. The molecule has 1 aromatic carbocycles. The fraction of sp³-hybridized carbons (Fsp3) is 0.500. The van der Waals surface area contributed by atoms with E-state index in [0.717, 1.165) is 18.4 Å². The molecular weight excluding hydrogens is 286 g/mol. The lowest BCUT2D eigenvalue weighted by atomic mass is 10.0. The summed E-state index contributed by atoms with van der Waals surface area (Å²) in [6.45, 7) is 3.88. The number of hydrogen-bond donors (Lipinski definition) is 2. The van der Waals surface area contributed by atoms with Gasteiger partial charge in [-0.15, -0.1) is 0 Å². The van der Waals surface area contributed by atoms with Crippen molar-refractivity contribution in [1.29, 1.82) is 0 Å². The highest BCUT2D eigenvalue weighted by Gasteiger charge is 2.40. The van der Waals surface area contributed by atoms with Gasteiger partial charge in [-0.3, -0.25) is 0 Å². The number of benzene rings is 1. The Hall–Kier alpha value is -1.35. The van der Waals surface area contributed by atoms with Crippen molar-refractivity contribution >= 4 is 10.0 Å². The zero-order chi connectivity index (χ0) is 15.5. The zero-order valence-electron chi connectivity index (χ0n) is 12.4. The molecule has 1 fully saturated rings. The number of rotatable bonds is 5. The maximum absolute atomic E-state index is 12.4. The molecule has 1 saturated carbocycles. The summed E-state index contributed by atoms with van der Waals surface area (Å²) in [5.41, 5.74) is 0.335. The van der Waals surface area contributed by atoms with Crippen molar-refractivity contribution in [3.63, 3.8) is 0 Å². The van der Waals surface area contributed by atoms with Gasteiger partial charge in [0.1, 0.15) is 0 Å². The van der Waals surface area contributed by atoms with Crippen LogP contribution in [0.5, 0.6) is 0 Å². The van der Waals surface area contributed by atoms with Gasteiger partial charge in [0.15, 0.2) is 0 Å². The summed E-state index contributed by atoms with van der Waals surface area (Å²) in [6.07, 6.45) is 2.57. The lowest BCUT2D eigenvalue weighted by molar-refractivity contribution is 0.305. The van der Waals surface area contributed by atoms with E-state index in [0.29, 0.717) is 12.3 Å². The van der Waals surface area contributed by atoms with Crippen LogP contribution in [0.25, 0.3) is 0 Å².